The van der Waals surface area contributed by atoms with Gasteiger partial charge < -0.3 is 4.74 Å². The van der Waals surface area contributed by atoms with Crippen molar-refractivity contribution in [2.45, 2.75) is 31.4 Å². The minimum absolute atomic E-state index is 0.0522. The van der Waals surface area contributed by atoms with Gasteiger partial charge in [0.1, 0.15) is 5.75 Å². The van der Waals surface area contributed by atoms with E-state index in [0.29, 0.717) is 19.1 Å². The van der Waals surface area contributed by atoms with Crippen LogP contribution in [-0.4, -0.2) is 28.2 Å². The third-order valence-electron chi connectivity index (χ3n) is 3.23. The predicted octanol–water partition coefficient (Wildman–Crippen LogP) is 2.45. The van der Waals surface area contributed by atoms with Crippen LogP contribution in [-0.2, 0) is 24.8 Å². The zero-order valence-electron chi connectivity index (χ0n) is 11.2. The Morgan fingerprint density at radius 3 is 2.68 bits per heavy atom. The quantitative estimate of drug-likeness (QED) is 0.570. The largest absolute Gasteiger partial charge is 0.380 e. The molecule has 0 N–H and O–H groups in total. The monoisotopic (exact) mass is 284 g/mol. The van der Waals surface area contributed by atoms with Crippen LogP contribution >= 0.6 is 0 Å². The summed E-state index contributed by atoms with van der Waals surface area (Å²) in [5.41, 5.74) is 1.89. The fraction of sp³-hybridized carbons (Fsp3) is 0.571. The van der Waals surface area contributed by atoms with Crippen molar-refractivity contribution in [2.24, 2.45) is 0 Å². The highest BCUT2D eigenvalue weighted by molar-refractivity contribution is 7.85. The van der Waals surface area contributed by atoms with Gasteiger partial charge in [0.2, 0.25) is 0 Å². The lowest BCUT2D eigenvalue weighted by atomic mass is 9.94. The van der Waals surface area contributed by atoms with E-state index in [-0.39, 0.29) is 12.4 Å². The lowest BCUT2D eigenvalue weighted by molar-refractivity contribution is 0.00813. The van der Waals surface area contributed by atoms with E-state index in [4.69, 9.17) is 8.92 Å². The topological polar surface area (TPSA) is 52.6 Å². The first kappa shape index (κ1) is 14.5. The molecule has 1 aliphatic rings. The first-order valence-corrected chi connectivity index (χ1v) is 8.23. The predicted molar refractivity (Wildman–Crippen MR) is 73.5 cm³/mol. The van der Waals surface area contributed by atoms with Gasteiger partial charge in [-0.25, -0.2) is 0 Å². The number of unbranched alkanes of at least 4 members (excludes halogenated alkanes) is 1. The second-order valence-corrected chi connectivity index (χ2v) is 6.45. The Labute approximate surface area is 114 Å². The molecule has 106 valence electrons. The van der Waals surface area contributed by atoms with Crippen molar-refractivity contribution in [3.8, 4) is 0 Å². The van der Waals surface area contributed by atoms with Crippen molar-refractivity contribution in [2.75, 3.05) is 19.8 Å². The van der Waals surface area contributed by atoms with Crippen LogP contribution in [0.25, 0.3) is 0 Å². The summed E-state index contributed by atoms with van der Waals surface area (Å²) < 4.78 is 34.0. The fourth-order valence-electron chi connectivity index (χ4n) is 2.04. The molecule has 1 aromatic carbocycles. The molecule has 2 rings (SSSR count). The lowest BCUT2D eigenvalue weighted by Gasteiger charge is -2.28. The average Bonchev–Trinajstić information content (AvgIpc) is 2.29. The highest BCUT2D eigenvalue weighted by Crippen LogP contribution is 2.28. The molecule has 1 aromatic rings. The van der Waals surface area contributed by atoms with Crippen LogP contribution in [0.2, 0.25) is 0 Å². The van der Waals surface area contributed by atoms with Crippen LogP contribution in [0.15, 0.2) is 24.3 Å². The molecule has 5 heteroatoms. The van der Waals surface area contributed by atoms with E-state index in [9.17, 15) is 8.42 Å². The van der Waals surface area contributed by atoms with Crippen LogP contribution in [0.1, 0.15) is 36.8 Å². The van der Waals surface area contributed by atoms with Gasteiger partial charge >= 0.3 is 0 Å². The van der Waals surface area contributed by atoms with Crippen molar-refractivity contribution in [1.29, 1.82) is 0 Å². The van der Waals surface area contributed by atoms with Crippen LogP contribution < -0.4 is 0 Å². The molecule has 1 saturated heterocycles. The SMILES string of the molecule is CCCCOS(=O)(=O)Cc1ccccc1C1COC1. The second-order valence-electron chi connectivity index (χ2n) is 4.81. The summed E-state index contributed by atoms with van der Waals surface area (Å²) in [6.07, 6.45) is 1.68. The third kappa shape index (κ3) is 4.03. The lowest BCUT2D eigenvalue weighted by Crippen LogP contribution is -2.26. The van der Waals surface area contributed by atoms with Crippen LogP contribution in [0.4, 0.5) is 0 Å². The van der Waals surface area contributed by atoms with E-state index in [1.54, 1.807) is 0 Å². The molecule has 4 nitrogen and oxygen atoms in total. The highest BCUT2D eigenvalue weighted by Gasteiger charge is 2.24. The number of ether oxygens (including phenoxy) is 1. The number of hydrogen-bond acceptors (Lipinski definition) is 4. The maximum Gasteiger partial charge on any atom is 0.271 e. The van der Waals surface area contributed by atoms with Gasteiger partial charge in [-0.15, -0.1) is 0 Å². The summed E-state index contributed by atoms with van der Waals surface area (Å²) in [6.45, 7) is 3.62. The van der Waals surface area contributed by atoms with E-state index >= 15 is 0 Å². The van der Waals surface area contributed by atoms with E-state index in [2.05, 4.69) is 0 Å². The molecule has 0 amide bonds. The molecule has 0 spiro atoms. The normalized spacial score (nSPS) is 16.3. The Kier molecular flexibility index (Phi) is 4.96. The molecule has 1 heterocycles. The van der Waals surface area contributed by atoms with Gasteiger partial charge in [0, 0.05) is 5.92 Å². The molecule has 0 aromatic heterocycles. The van der Waals surface area contributed by atoms with Gasteiger partial charge in [-0.05, 0) is 17.5 Å². The molecule has 0 aliphatic carbocycles. The van der Waals surface area contributed by atoms with Crippen LogP contribution in [0, 0.1) is 0 Å². The minimum atomic E-state index is -3.49. The Morgan fingerprint density at radius 1 is 1.32 bits per heavy atom. The van der Waals surface area contributed by atoms with Crippen LogP contribution in [0.3, 0.4) is 0 Å². The van der Waals surface area contributed by atoms with E-state index in [1.165, 1.54) is 0 Å². The zero-order valence-corrected chi connectivity index (χ0v) is 12.0. The Morgan fingerprint density at radius 2 is 2.05 bits per heavy atom. The Bertz CT molecular complexity index is 506. The van der Waals surface area contributed by atoms with E-state index in [1.807, 2.05) is 31.2 Å². The highest BCUT2D eigenvalue weighted by atomic mass is 32.2. The summed E-state index contributed by atoms with van der Waals surface area (Å²) in [4.78, 5) is 0. The van der Waals surface area contributed by atoms with Gasteiger partial charge in [0.15, 0.2) is 0 Å². The smallest absolute Gasteiger partial charge is 0.271 e. The molecule has 0 radical (unpaired) electrons. The van der Waals surface area contributed by atoms with Crippen LogP contribution in [0.5, 0.6) is 0 Å². The maximum absolute atomic E-state index is 11.9. The van der Waals surface area contributed by atoms with Crippen molar-refractivity contribution in [3.63, 3.8) is 0 Å². The van der Waals surface area contributed by atoms with Gasteiger partial charge in [-0.1, -0.05) is 37.6 Å². The van der Waals surface area contributed by atoms with Crippen molar-refractivity contribution < 1.29 is 17.3 Å². The average molecular weight is 284 g/mol. The first-order valence-electron chi connectivity index (χ1n) is 6.65. The first-order chi connectivity index (χ1) is 9.12. The summed E-state index contributed by atoms with van der Waals surface area (Å²) in [5, 5.41) is 0. The molecule has 1 aliphatic heterocycles. The molecule has 0 atom stereocenters. The molecule has 1 fully saturated rings. The third-order valence-corrected chi connectivity index (χ3v) is 4.42. The standard InChI is InChI=1S/C14H20O4S/c1-2-3-8-18-19(15,16)11-12-6-4-5-7-14(12)13-9-17-10-13/h4-7,13H,2-3,8-11H2,1H3. The summed E-state index contributed by atoms with van der Waals surface area (Å²) in [7, 11) is -3.49. The minimum Gasteiger partial charge on any atom is -0.380 e. The number of benzene rings is 1. The number of hydrogen-bond donors (Lipinski definition) is 0. The molecule has 19 heavy (non-hydrogen) atoms. The summed E-state index contributed by atoms with van der Waals surface area (Å²) >= 11 is 0. The van der Waals surface area contributed by atoms with E-state index < -0.39 is 10.1 Å². The molecule has 0 unspecified atom stereocenters. The van der Waals surface area contributed by atoms with Gasteiger partial charge in [0.05, 0.1) is 19.8 Å². The Balaban J connectivity index is 2.05. The second kappa shape index (κ2) is 6.50. The molecule has 0 saturated carbocycles. The molecular formula is C14H20O4S. The van der Waals surface area contributed by atoms with E-state index in [0.717, 1.165) is 24.0 Å². The van der Waals surface area contributed by atoms with Gasteiger partial charge in [-0.3, -0.25) is 4.18 Å². The maximum atomic E-state index is 11.9. The van der Waals surface area contributed by atoms with Gasteiger partial charge in [0.25, 0.3) is 10.1 Å². The molecule has 0 bridgehead atoms. The number of rotatable bonds is 7. The van der Waals surface area contributed by atoms with Gasteiger partial charge in [-0.2, -0.15) is 8.42 Å². The van der Waals surface area contributed by atoms with Crippen molar-refractivity contribution >= 4 is 10.1 Å². The van der Waals surface area contributed by atoms with Crippen molar-refractivity contribution in [1.82, 2.24) is 0 Å². The molecular weight excluding hydrogens is 264 g/mol. The summed E-state index contributed by atoms with van der Waals surface area (Å²) in [6, 6.07) is 7.63. The van der Waals surface area contributed by atoms with Crippen molar-refractivity contribution in [3.05, 3.63) is 35.4 Å². The fourth-order valence-corrected chi connectivity index (χ4v) is 3.14. The zero-order chi connectivity index (χ0) is 13.7. The summed E-state index contributed by atoms with van der Waals surface area (Å²) in [5.74, 6) is 0.269. The Hall–Kier alpha value is -0.910.